The molecule has 1 saturated heterocycles. The van der Waals surface area contributed by atoms with Crippen LogP contribution in [-0.4, -0.2) is 47.4 Å². The van der Waals surface area contributed by atoms with Crippen LogP contribution in [0, 0.1) is 0 Å². The Labute approximate surface area is 105 Å². The molecule has 5 heteroatoms. The lowest BCUT2D eigenvalue weighted by Crippen LogP contribution is -2.72. The summed E-state index contributed by atoms with van der Waals surface area (Å²) in [6.07, 6.45) is 0. The largest absolute Gasteiger partial charge is 0.402 e. The molecule has 1 rings (SSSR count). The van der Waals surface area contributed by atoms with Crippen LogP contribution in [-0.2, 0) is 4.43 Å². The van der Waals surface area contributed by atoms with Crippen molar-refractivity contribution in [3.63, 3.8) is 0 Å². The standard InChI is InChI=1S/C11H29NOSi3/c1-8-12(9-2)16(7)13-11(3,4)10-15(5,6)14-16/h8-10,14H2,1-7H3. The molecule has 0 aromatic heterocycles. The summed E-state index contributed by atoms with van der Waals surface area (Å²) in [5.41, 5.74) is 0.143. The first-order valence-corrected chi connectivity index (χ1v) is 16.8. The number of nitrogens with zero attached hydrogens (tertiary/aromatic N) is 1. The molecule has 0 N–H and O–H groups in total. The molecule has 0 saturated carbocycles. The molecule has 0 bridgehead atoms. The summed E-state index contributed by atoms with van der Waals surface area (Å²) in [4.78, 5) is 0. The molecule has 0 spiro atoms. The predicted molar refractivity (Wildman–Crippen MR) is 80.5 cm³/mol. The maximum absolute atomic E-state index is 6.60. The number of hydrogen-bond donors (Lipinski definition) is 0. The summed E-state index contributed by atoms with van der Waals surface area (Å²) >= 11 is 0. The van der Waals surface area contributed by atoms with Gasteiger partial charge in [-0.3, -0.25) is 0 Å². The molecule has 1 fully saturated rings. The summed E-state index contributed by atoms with van der Waals surface area (Å²) in [5.74, 6) is 0. The first kappa shape index (κ1) is 14.6. The van der Waals surface area contributed by atoms with Gasteiger partial charge in [0.1, 0.15) is 0 Å². The molecular weight excluding hydrogens is 246 g/mol. The van der Waals surface area contributed by atoms with Gasteiger partial charge in [-0.15, -0.1) is 0 Å². The van der Waals surface area contributed by atoms with Gasteiger partial charge in [-0.1, -0.05) is 26.9 Å². The summed E-state index contributed by atoms with van der Waals surface area (Å²) in [5, 5.41) is 0. The molecule has 0 aliphatic carbocycles. The first-order chi connectivity index (χ1) is 7.14. The zero-order chi connectivity index (χ0) is 12.6. The summed E-state index contributed by atoms with van der Waals surface area (Å²) in [6.45, 7) is 19.2. The summed E-state index contributed by atoms with van der Waals surface area (Å²) in [6, 6.07) is 1.37. The highest BCUT2D eigenvalue weighted by Crippen LogP contribution is 2.34. The van der Waals surface area contributed by atoms with Crippen molar-refractivity contribution in [1.29, 1.82) is 0 Å². The van der Waals surface area contributed by atoms with Crippen LogP contribution >= 0.6 is 0 Å². The third-order valence-electron chi connectivity index (χ3n) is 3.64. The maximum atomic E-state index is 6.60. The fourth-order valence-corrected chi connectivity index (χ4v) is 42.0. The fraction of sp³-hybridized carbons (Fsp3) is 1.00. The topological polar surface area (TPSA) is 12.5 Å². The van der Waals surface area contributed by atoms with Crippen molar-refractivity contribution in [2.24, 2.45) is 0 Å². The maximum Gasteiger partial charge on any atom is 0.241 e. The molecule has 1 heterocycles. The van der Waals surface area contributed by atoms with Crippen molar-refractivity contribution >= 4 is 24.1 Å². The Morgan fingerprint density at radius 2 is 1.69 bits per heavy atom. The van der Waals surface area contributed by atoms with Gasteiger partial charge >= 0.3 is 0 Å². The zero-order valence-electron chi connectivity index (χ0n) is 12.2. The number of hydrogen-bond acceptors (Lipinski definition) is 2. The van der Waals surface area contributed by atoms with Crippen LogP contribution in [0.5, 0.6) is 0 Å². The van der Waals surface area contributed by atoms with Crippen molar-refractivity contribution in [2.45, 2.75) is 59.0 Å². The highest BCUT2D eigenvalue weighted by atomic mass is 29.6. The van der Waals surface area contributed by atoms with E-state index in [2.05, 4.69) is 51.9 Å². The van der Waals surface area contributed by atoms with Gasteiger partial charge in [0.2, 0.25) is 8.00 Å². The van der Waals surface area contributed by atoms with Gasteiger partial charge in [-0.2, -0.15) is 0 Å². The van der Waals surface area contributed by atoms with Gasteiger partial charge in [0.25, 0.3) is 0 Å². The summed E-state index contributed by atoms with van der Waals surface area (Å²) < 4.78 is 9.28. The van der Waals surface area contributed by atoms with Crippen molar-refractivity contribution in [1.82, 2.24) is 4.57 Å². The molecule has 0 amide bonds. The van der Waals surface area contributed by atoms with Crippen LogP contribution in [0.15, 0.2) is 0 Å². The molecule has 0 radical (unpaired) electrons. The van der Waals surface area contributed by atoms with E-state index in [1.54, 1.807) is 0 Å². The minimum Gasteiger partial charge on any atom is -0.402 e. The number of rotatable bonds is 3. The smallest absolute Gasteiger partial charge is 0.241 e. The molecule has 1 aliphatic heterocycles. The van der Waals surface area contributed by atoms with E-state index in [4.69, 9.17) is 4.43 Å². The molecule has 2 nitrogen and oxygen atoms in total. The normalized spacial score (nSPS) is 34.5. The lowest BCUT2D eigenvalue weighted by Gasteiger charge is -2.52. The van der Waals surface area contributed by atoms with Gasteiger partial charge < -0.3 is 8.99 Å². The Kier molecular flexibility index (Phi) is 4.28. The fourth-order valence-electron chi connectivity index (χ4n) is 3.84. The zero-order valence-corrected chi connectivity index (χ0v) is 15.6. The third kappa shape index (κ3) is 3.29. The molecule has 1 atom stereocenters. The van der Waals surface area contributed by atoms with Gasteiger partial charge in [0.05, 0.1) is 8.55 Å². The SMILES string of the molecule is CCN(CC)[Si]1(C)OC(C)(C)C[Si](C)(C)[SiH2]1. The van der Waals surface area contributed by atoms with Crippen molar-refractivity contribution in [3.8, 4) is 0 Å². The second-order valence-corrected chi connectivity index (χ2v) is 28.9. The van der Waals surface area contributed by atoms with Crippen LogP contribution in [0.4, 0.5) is 0 Å². The van der Waals surface area contributed by atoms with Crippen LogP contribution < -0.4 is 0 Å². The summed E-state index contributed by atoms with van der Waals surface area (Å²) in [7, 11) is -2.43. The highest BCUT2D eigenvalue weighted by molar-refractivity contribution is 7.51. The Bertz CT molecular complexity index is 236. The lowest BCUT2D eigenvalue weighted by molar-refractivity contribution is 0.100. The van der Waals surface area contributed by atoms with Gasteiger partial charge in [-0.05, 0) is 39.5 Å². The van der Waals surface area contributed by atoms with Crippen molar-refractivity contribution in [2.75, 3.05) is 13.1 Å². The quantitative estimate of drug-likeness (QED) is 0.731. The second-order valence-electron chi connectivity index (χ2n) is 6.73. The van der Waals surface area contributed by atoms with Crippen molar-refractivity contribution < 1.29 is 4.43 Å². The van der Waals surface area contributed by atoms with Gasteiger partial charge in [0, 0.05) is 13.2 Å². The molecule has 0 aromatic carbocycles. The van der Waals surface area contributed by atoms with E-state index >= 15 is 0 Å². The molecule has 0 aromatic rings. The minimum absolute atomic E-state index is 0.00280. The van der Waals surface area contributed by atoms with Crippen LogP contribution in [0.2, 0.25) is 25.7 Å². The van der Waals surface area contributed by atoms with E-state index < -0.39 is 15.6 Å². The van der Waals surface area contributed by atoms with Crippen molar-refractivity contribution in [3.05, 3.63) is 0 Å². The lowest BCUT2D eigenvalue weighted by atomic mass is 10.2. The molecule has 16 heavy (non-hydrogen) atoms. The molecule has 1 aliphatic rings. The average molecular weight is 276 g/mol. The van der Waals surface area contributed by atoms with E-state index in [1.165, 1.54) is 19.1 Å². The van der Waals surface area contributed by atoms with Gasteiger partial charge in [-0.25, -0.2) is 0 Å². The molecule has 1 unspecified atom stereocenters. The molecule has 96 valence electrons. The van der Waals surface area contributed by atoms with Crippen LogP contribution in [0.3, 0.4) is 0 Å². The Morgan fingerprint density at radius 1 is 1.19 bits per heavy atom. The average Bonchev–Trinajstić information content (AvgIpc) is 1.97. The monoisotopic (exact) mass is 275 g/mol. The van der Waals surface area contributed by atoms with E-state index in [-0.39, 0.29) is 14.2 Å². The first-order valence-electron chi connectivity index (χ1n) is 6.59. The van der Waals surface area contributed by atoms with Gasteiger partial charge in [0.15, 0.2) is 0 Å². The Balaban J connectivity index is 2.95. The van der Waals surface area contributed by atoms with Crippen LogP contribution in [0.25, 0.3) is 0 Å². The van der Waals surface area contributed by atoms with E-state index in [1.807, 2.05) is 0 Å². The van der Waals surface area contributed by atoms with E-state index in [0.717, 1.165) is 0 Å². The Hall–Kier alpha value is 0.571. The van der Waals surface area contributed by atoms with Crippen LogP contribution in [0.1, 0.15) is 27.7 Å². The molecular formula is C11H29NOSi3. The Morgan fingerprint density at radius 3 is 2.06 bits per heavy atom. The van der Waals surface area contributed by atoms with E-state index in [9.17, 15) is 0 Å². The highest BCUT2D eigenvalue weighted by Gasteiger charge is 2.51. The predicted octanol–water partition coefficient (Wildman–Crippen LogP) is 2.08. The second kappa shape index (κ2) is 4.68. The minimum atomic E-state index is -1.50. The van der Waals surface area contributed by atoms with E-state index in [0.29, 0.717) is 0 Å². The third-order valence-corrected chi connectivity index (χ3v) is 31.9.